The van der Waals surface area contributed by atoms with Gasteiger partial charge in [-0.1, -0.05) is 122 Å². The fourth-order valence-corrected chi connectivity index (χ4v) is 7.79. The molecular weight excluding hydrogens is 488 g/mol. The second-order valence-corrected chi connectivity index (χ2v) is 13.9. The average molecular weight is 551 g/mol. The number of allylic oxidation sites excluding steroid dienone is 2. The Labute approximate surface area is 248 Å². The summed E-state index contributed by atoms with van der Waals surface area (Å²) >= 11 is 0. The van der Waals surface area contributed by atoms with Crippen LogP contribution < -0.4 is 0 Å². The molecule has 2 heteroatoms. The molecular formula is C38H62O2. The number of benzene rings is 1. The van der Waals surface area contributed by atoms with Crippen molar-refractivity contribution in [2.45, 2.75) is 168 Å². The number of hydrogen-bond donors (Lipinski definition) is 0. The fourth-order valence-electron chi connectivity index (χ4n) is 7.79. The van der Waals surface area contributed by atoms with Crippen LogP contribution in [0.1, 0.15) is 173 Å². The Hall–Kier alpha value is -1.57. The van der Waals surface area contributed by atoms with E-state index in [9.17, 15) is 4.79 Å². The number of fused-ring (bicyclic) bond motifs is 3. The van der Waals surface area contributed by atoms with E-state index in [2.05, 4.69) is 65.0 Å². The van der Waals surface area contributed by atoms with Gasteiger partial charge < -0.3 is 4.74 Å². The van der Waals surface area contributed by atoms with Crippen molar-refractivity contribution in [2.24, 2.45) is 11.3 Å². The zero-order chi connectivity index (χ0) is 28.8. The minimum Gasteiger partial charge on any atom is -0.465 e. The smallest absolute Gasteiger partial charge is 0.312 e. The van der Waals surface area contributed by atoms with Gasteiger partial charge in [0.2, 0.25) is 0 Å². The zero-order valence-electron chi connectivity index (χ0n) is 27.0. The van der Waals surface area contributed by atoms with Gasteiger partial charge in [-0.3, -0.25) is 4.79 Å². The van der Waals surface area contributed by atoms with Crippen LogP contribution in [0.15, 0.2) is 30.4 Å². The van der Waals surface area contributed by atoms with Crippen molar-refractivity contribution in [1.82, 2.24) is 0 Å². The number of rotatable bonds is 18. The molecule has 0 unspecified atom stereocenters. The molecule has 0 spiro atoms. The van der Waals surface area contributed by atoms with Crippen LogP contribution in [-0.2, 0) is 21.4 Å². The highest BCUT2D eigenvalue weighted by molar-refractivity contribution is 5.77. The van der Waals surface area contributed by atoms with Gasteiger partial charge in [0.15, 0.2) is 0 Å². The third kappa shape index (κ3) is 8.96. The summed E-state index contributed by atoms with van der Waals surface area (Å²) in [6.45, 7) is 12.1. The zero-order valence-corrected chi connectivity index (χ0v) is 27.0. The van der Waals surface area contributed by atoms with Gasteiger partial charge in [0, 0.05) is 0 Å². The largest absolute Gasteiger partial charge is 0.465 e. The molecule has 3 atom stereocenters. The first-order chi connectivity index (χ1) is 19.3. The standard InChI is InChI=1S/C38H62O2/c1-6-7-8-9-10-11-12-13-14-15-16-17-18-19-20-21-29-40-36(39)38(5)28-22-27-37(4)34-25-23-32(31(2)3)30-33(34)24-26-35(37)38/h13-14,23,25,30-31,35H,6-12,15-22,24,26-29H2,1-5H3/t35-,37-,38+/m1/s1. The van der Waals surface area contributed by atoms with Gasteiger partial charge >= 0.3 is 5.97 Å². The van der Waals surface area contributed by atoms with Gasteiger partial charge in [0.1, 0.15) is 0 Å². The molecule has 1 aromatic carbocycles. The van der Waals surface area contributed by atoms with E-state index in [1.807, 2.05) is 0 Å². The Balaban J connectivity index is 1.31. The molecule has 1 aromatic rings. The summed E-state index contributed by atoms with van der Waals surface area (Å²) in [4.78, 5) is 13.5. The normalized spacial score (nSPS) is 24.3. The van der Waals surface area contributed by atoms with Crippen LogP contribution in [-0.4, -0.2) is 12.6 Å². The van der Waals surface area contributed by atoms with E-state index in [1.54, 1.807) is 0 Å². The highest BCUT2D eigenvalue weighted by atomic mass is 16.5. The van der Waals surface area contributed by atoms with Crippen LogP contribution in [0, 0.1) is 11.3 Å². The summed E-state index contributed by atoms with van der Waals surface area (Å²) in [6.07, 6.45) is 28.4. The van der Waals surface area contributed by atoms with E-state index in [-0.39, 0.29) is 16.8 Å². The molecule has 0 N–H and O–H groups in total. The molecule has 3 rings (SSSR count). The molecule has 0 aromatic heterocycles. The maximum absolute atomic E-state index is 13.5. The molecule has 226 valence electrons. The number of carbonyl (C=O) groups excluding carboxylic acids is 1. The van der Waals surface area contributed by atoms with Crippen LogP contribution in [0.25, 0.3) is 0 Å². The lowest BCUT2D eigenvalue weighted by atomic mass is 9.49. The number of unbranched alkanes of at least 4 members (excludes halogenated alkanes) is 12. The molecule has 2 aliphatic rings. The Morgan fingerprint density at radius 2 is 1.52 bits per heavy atom. The SMILES string of the molecule is CCCCCCCCC=CCCCCCCCCOC(=O)[C@@]1(C)CCC[C@]2(C)c3ccc(C(C)C)cc3CC[C@@H]12. The Kier molecular flexibility index (Phi) is 13.8. The van der Waals surface area contributed by atoms with E-state index >= 15 is 0 Å². The molecule has 1 saturated carbocycles. The minimum absolute atomic E-state index is 0.0680. The maximum Gasteiger partial charge on any atom is 0.312 e. The lowest BCUT2D eigenvalue weighted by Gasteiger charge is -2.54. The first kappa shape index (κ1) is 32.9. The van der Waals surface area contributed by atoms with Crippen LogP contribution in [0.3, 0.4) is 0 Å². The van der Waals surface area contributed by atoms with Crippen molar-refractivity contribution in [2.75, 3.05) is 6.61 Å². The summed E-state index contributed by atoms with van der Waals surface area (Å²) in [6, 6.07) is 7.16. The van der Waals surface area contributed by atoms with Gasteiger partial charge in [0.05, 0.1) is 12.0 Å². The maximum atomic E-state index is 13.5. The third-order valence-electron chi connectivity index (χ3n) is 10.4. The van der Waals surface area contributed by atoms with Gasteiger partial charge in [-0.15, -0.1) is 0 Å². The topological polar surface area (TPSA) is 26.3 Å². The van der Waals surface area contributed by atoms with Crippen molar-refractivity contribution in [3.63, 3.8) is 0 Å². The van der Waals surface area contributed by atoms with Gasteiger partial charge in [-0.05, 0) is 98.7 Å². The van der Waals surface area contributed by atoms with Gasteiger partial charge in [-0.25, -0.2) is 0 Å². The number of aryl methyl sites for hydroxylation is 1. The summed E-state index contributed by atoms with van der Waals surface area (Å²) in [5.41, 5.74) is 4.18. The minimum atomic E-state index is -0.357. The summed E-state index contributed by atoms with van der Waals surface area (Å²) < 4.78 is 5.99. The molecule has 40 heavy (non-hydrogen) atoms. The van der Waals surface area contributed by atoms with Crippen molar-refractivity contribution in [3.05, 3.63) is 47.0 Å². The number of carbonyl (C=O) groups is 1. The van der Waals surface area contributed by atoms with Crippen LogP contribution in [0.4, 0.5) is 0 Å². The van der Waals surface area contributed by atoms with Crippen LogP contribution in [0.5, 0.6) is 0 Å². The monoisotopic (exact) mass is 550 g/mol. The lowest BCUT2D eigenvalue weighted by Crippen LogP contribution is -2.52. The highest BCUT2D eigenvalue weighted by Gasteiger charge is 2.55. The van der Waals surface area contributed by atoms with Crippen LogP contribution >= 0.6 is 0 Å². The van der Waals surface area contributed by atoms with E-state index in [0.717, 1.165) is 32.1 Å². The first-order valence-electron chi connectivity index (χ1n) is 17.3. The molecule has 2 aliphatic carbocycles. The Bertz CT molecular complexity index is 914. The van der Waals surface area contributed by atoms with Crippen molar-refractivity contribution in [1.29, 1.82) is 0 Å². The van der Waals surface area contributed by atoms with E-state index < -0.39 is 0 Å². The van der Waals surface area contributed by atoms with E-state index in [0.29, 0.717) is 18.4 Å². The average Bonchev–Trinajstić information content (AvgIpc) is 2.94. The highest BCUT2D eigenvalue weighted by Crippen LogP contribution is 2.57. The second-order valence-electron chi connectivity index (χ2n) is 13.9. The molecule has 0 heterocycles. The summed E-state index contributed by atoms with van der Waals surface area (Å²) in [5.74, 6) is 1.00. The summed E-state index contributed by atoms with van der Waals surface area (Å²) in [5, 5.41) is 0. The molecule has 2 nitrogen and oxygen atoms in total. The molecule has 0 bridgehead atoms. The quantitative estimate of drug-likeness (QED) is 0.103. The van der Waals surface area contributed by atoms with Gasteiger partial charge in [0.25, 0.3) is 0 Å². The van der Waals surface area contributed by atoms with E-state index in [4.69, 9.17) is 4.74 Å². The molecule has 0 radical (unpaired) electrons. The summed E-state index contributed by atoms with van der Waals surface area (Å²) in [7, 11) is 0. The first-order valence-corrected chi connectivity index (χ1v) is 17.3. The number of esters is 1. The predicted molar refractivity (Wildman–Crippen MR) is 172 cm³/mol. The molecule has 0 aliphatic heterocycles. The van der Waals surface area contributed by atoms with Crippen LogP contribution in [0.2, 0.25) is 0 Å². The molecule has 0 saturated heterocycles. The molecule has 1 fully saturated rings. The van der Waals surface area contributed by atoms with Crippen molar-refractivity contribution < 1.29 is 9.53 Å². The third-order valence-corrected chi connectivity index (χ3v) is 10.4. The number of ether oxygens (including phenoxy) is 1. The predicted octanol–water partition coefficient (Wildman–Crippen LogP) is 11.4. The molecule has 0 amide bonds. The van der Waals surface area contributed by atoms with Gasteiger partial charge in [-0.2, -0.15) is 0 Å². The number of hydrogen-bond acceptors (Lipinski definition) is 2. The van der Waals surface area contributed by atoms with E-state index in [1.165, 1.54) is 107 Å². The van der Waals surface area contributed by atoms with Crippen molar-refractivity contribution in [3.8, 4) is 0 Å². The Morgan fingerprint density at radius 3 is 2.17 bits per heavy atom. The second kappa shape index (κ2) is 16.8. The van der Waals surface area contributed by atoms with Crippen molar-refractivity contribution >= 4 is 5.97 Å². The fraction of sp³-hybridized carbons (Fsp3) is 0.763. The lowest BCUT2D eigenvalue weighted by molar-refractivity contribution is -0.164. The Morgan fingerprint density at radius 1 is 0.900 bits per heavy atom.